The number of carbonyl (C=O) groups excluding carboxylic acids is 1. The number of methoxy groups -OCH3 is 1. The van der Waals surface area contributed by atoms with E-state index < -0.39 is 0 Å². The summed E-state index contributed by atoms with van der Waals surface area (Å²) in [6.07, 6.45) is 4.55. The smallest absolute Gasteiger partial charge is 0.213 e. The van der Waals surface area contributed by atoms with Crippen LogP contribution in [-0.4, -0.2) is 34.3 Å². The molecule has 0 N–H and O–H groups in total. The summed E-state index contributed by atoms with van der Waals surface area (Å²) in [6, 6.07) is 1.59. The van der Waals surface area contributed by atoms with Gasteiger partial charge in [-0.15, -0.1) is 0 Å². The second kappa shape index (κ2) is 6.27. The average molecular weight is 345 g/mol. The maximum Gasteiger partial charge on any atom is 0.213 e. The summed E-state index contributed by atoms with van der Waals surface area (Å²) in [7, 11) is 1.60. The summed E-state index contributed by atoms with van der Waals surface area (Å²) in [5.41, 5.74) is 0.849. The predicted octanol–water partition coefficient (Wildman–Crippen LogP) is 2.57. The number of ketones is 1. The fourth-order valence-electron chi connectivity index (χ4n) is 1.62. The SMILES string of the molecule is COCCn1ncc(Br)c1C(=O)c1ccncc1Cl. The highest BCUT2D eigenvalue weighted by Gasteiger charge is 2.20. The highest BCUT2D eigenvalue weighted by atomic mass is 79.9. The van der Waals surface area contributed by atoms with Gasteiger partial charge in [-0.25, -0.2) is 0 Å². The average Bonchev–Trinajstić information content (AvgIpc) is 2.77. The van der Waals surface area contributed by atoms with Gasteiger partial charge >= 0.3 is 0 Å². The first-order valence-electron chi connectivity index (χ1n) is 5.49. The number of nitrogens with zero attached hydrogens (tertiary/aromatic N) is 3. The maximum atomic E-state index is 12.5. The quantitative estimate of drug-likeness (QED) is 0.782. The minimum Gasteiger partial charge on any atom is -0.383 e. The van der Waals surface area contributed by atoms with Gasteiger partial charge in [-0.3, -0.25) is 14.5 Å². The van der Waals surface area contributed by atoms with E-state index in [9.17, 15) is 4.79 Å². The van der Waals surface area contributed by atoms with Crippen molar-refractivity contribution in [3.05, 3.63) is 45.4 Å². The van der Waals surface area contributed by atoms with Crippen molar-refractivity contribution < 1.29 is 9.53 Å². The number of rotatable bonds is 5. The second-order valence-electron chi connectivity index (χ2n) is 3.74. The first kappa shape index (κ1) is 14.2. The molecule has 0 radical (unpaired) electrons. The molecule has 0 aliphatic heterocycles. The summed E-state index contributed by atoms with van der Waals surface area (Å²) in [5, 5.41) is 4.46. The lowest BCUT2D eigenvalue weighted by Gasteiger charge is -2.07. The molecule has 19 heavy (non-hydrogen) atoms. The molecule has 7 heteroatoms. The molecule has 5 nitrogen and oxygen atoms in total. The molecule has 0 amide bonds. The number of ether oxygens (including phenoxy) is 1. The maximum absolute atomic E-state index is 12.5. The number of hydrogen-bond acceptors (Lipinski definition) is 4. The second-order valence-corrected chi connectivity index (χ2v) is 5.00. The molecule has 0 spiro atoms. The Morgan fingerprint density at radius 2 is 2.32 bits per heavy atom. The summed E-state index contributed by atoms with van der Waals surface area (Å²) < 4.78 is 7.21. The summed E-state index contributed by atoms with van der Waals surface area (Å²) >= 11 is 9.32. The normalized spacial score (nSPS) is 10.7. The van der Waals surface area contributed by atoms with Gasteiger partial charge in [0.2, 0.25) is 5.78 Å². The van der Waals surface area contributed by atoms with Gasteiger partial charge in [0.15, 0.2) is 0 Å². The first-order chi connectivity index (χ1) is 9.15. The molecular formula is C12H11BrClN3O2. The fraction of sp³-hybridized carbons (Fsp3) is 0.250. The highest BCUT2D eigenvalue weighted by molar-refractivity contribution is 9.10. The molecule has 0 aliphatic rings. The van der Waals surface area contributed by atoms with Crippen LogP contribution in [0.2, 0.25) is 5.02 Å². The molecule has 100 valence electrons. The van der Waals surface area contributed by atoms with E-state index in [1.54, 1.807) is 24.1 Å². The van der Waals surface area contributed by atoms with Crippen molar-refractivity contribution in [3.63, 3.8) is 0 Å². The monoisotopic (exact) mass is 343 g/mol. The molecule has 2 aromatic rings. The number of carbonyl (C=O) groups is 1. The van der Waals surface area contributed by atoms with Gasteiger partial charge in [-0.05, 0) is 22.0 Å². The van der Waals surface area contributed by atoms with Crippen molar-refractivity contribution in [3.8, 4) is 0 Å². The van der Waals surface area contributed by atoms with Crippen LogP contribution in [0.5, 0.6) is 0 Å². The Labute approximate surface area is 123 Å². The van der Waals surface area contributed by atoms with Crippen LogP contribution in [0.15, 0.2) is 29.1 Å². The van der Waals surface area contributed by atoms with Crippen LogP contribution in [-0.2, 0) is 11.3 Å². The van der Waals surface area contributed by atoms with Crippen LogP contribution in [0.1, 0.15) is 16.1 Å². The van der Waals surface area contributed by atoms with Gasteiger partial charge in [0, 0.05) is 25.1 Å². The van der Waals surface area contributed by atoms with Crippen LogP contribution in [0.3, 0.4) is 0 Å². The topological polar surface area (TPSA) is 57.0 Å². The molecule has 0 bridgehead atoms. The molecule has 0 unspecified atom stereocenters. The van der Waals surface area contributed by atoms with E-state index in [-0.39, 0.29) is 5.78 Å². The number of hydrogen-bond donors (Lipinski definition) is 0. The molecule has 2 aromatic heterocycles. The third kappa shape index (κ3) is 3.02. The Hall–Kier alpha value is -1.24. The summed E-state index contributed by atoms with van der Waals surface area (Å²) in [4.78, 5) is 16.4. The van der Waals surface area contributed by atoms with Crippen LogP contribution >= 0.6 is 27.5 Å². The summed E-state index contributed by atoms with van der Waals surface area (Å²) in [6.45, 7) is 0.963. The minimum absolute atomic E-state index is 0.201. The molecule has 2 heterocycles. The van der Waals surface area contributed by atoms with Gasteiger partial charge in [0.25, 0.3) is 0 Å². The van der Waals surface area contributed by atoms with Crippen molar-refractivity contribution in [1.82, 2.24) is 14.8 Å². The Morgan fingerprint density at radius 1 is 1.53 bits per heavy atom. The van der Waals surface area contributed by atoms with Crippen molar-refractivity contribution in [2.24, 2.45) is 0 Å². The van der Waals surface area contributed by atoms with Gasteiger partial charge in [0.05, 0.1) is 28.8 Å². The van der Waals surface area contributed by atoms with Gasteiger partial charge in [-0.1, -0.05) is 11.6 Å². The zero-order valence-electron chi connectivity index (χ0n) is 10.1. The highest BCUT2D eigenvalue weighted by Crippen LogP contribution is 2.23. The van der Waals surface area contributed by atoms with E-state index in [0.29, 0.717) is 33.9 Å². The van der Waals surface area contributed by atoms with E-state index >= 15 is 0 Å². The lowest BCUT2D eigenvalue weighted by molar-refractivity contribution is 0.102. The Balaban J connectivity index is 2.39. The predicted molar refractivity (Wildman–Crippen MR) is 74.5 cm³/mol. The molecule has 0 saturated carbocycles. The van der Waals surface area contributed by atoms with Crippen LogP contribution in [0.4, 0.5) is 0 Å². The lowest BCUT2D eigenvalue weighted by atomic mass is 10.1. The van der Waals surface area contributed by atoms with Crippen molar-refractivity contribution in [1.29, 1.82) is 0 Å². The van der Waals surface area contributed by atoms with Crippen molar-refractivity contribution in [2.75, 3.05) is 13.7 Å². The van der Waals surface area contributed by atoms with E-state index in [1.807, 2.05) is 0 Å². The van der Waals surface area contributed by atoms with Crippen molar-refractivity contribution >= 4 is 33.3 Å². The Morgan fingerprint density at radius 3 is 3.00 bits per heavy atom. The lowest BCUT2D eigenvalue weighted by Crippen LogP contribution is -2.15. The van der Waals surface area contributed by atoms with Gasteiger partial charge < -0.3 is 4.74 Å². The molecule has 0 atom stereocenters. The van der Waals surface area contributed by atoms with E-state index in [1.165, 1.54) is 12.4 Å². The largest absolute Gasteiger partial charge is 0.383 e. The molecule has 0 aromatic carbocycles. The standard InChI is InChI=1S/C12H11BrClN3O2/c1-19-5-4-17-11(9(13)6-16-17)12(18)8-2-3-15-7-10(8)14/h2-3,6-7H,4-5H2,1H3. The Bertz CT molecular complexity index is 600. The van der Waals surface area contributed by atoms with Crippen LogP contribution < -0.4 is 0 Å². The van der Waals surface area contributed by atoms with E-state index in [4.69, 9.17) is 16.3 Å². The number of pyridine rings is 1. The summed E-state index contributed by atoms with van der Waals surface area (Å²) in [5.74, 6) is -0.201. The molecular weight excluding hydrogens is 334 g/mol. The minimum atomic E-state index is -0.201. The van der Waals surface area contributed by atoms with E-state index in [0.717, 1.165) is 0 Å². The van der Waals surface area contributed by atoms with Gasteiger partial charge in [0.1, 0.15) is 5.69 Å². The third-order valence-corrected chi connectivity index (χ3v) is 3.42. The molecule has 0 saturated heterocycles. The van der Waals surface area contributed by atoms with Crippen molar-refractivity contribution in [2.45, 2.75) is 6.54 Å². The number of aromatic nitrogens is 3. The van der Waals surface area contributed by atoms with Crippen LogP contribution in [0.25, 0.3) is 0 Å². The Kier molecular flexibility index (Phi) is 4.68. The van der Waals surface area contributed by atoms with E-state index in [2.05, 4.69) is 26.0 Å². The molecule has 0 fully saturated rings. The van der Waals surface area contributed by atoms with Crippen LogP contribution in [0, 0.1) is 0 Å². The zero-order valence-corrected chi connectivity index (χ0v) is 12.5. The molecule has 2 rings (SSSR count). The molecule has 0 aliphatic carbocycles. The first-order valence-corrected chi connectivity index (χ1v) is 6.66. The zero-order chi connectivity index (χ0) is 13.8. The number of halogens is 2. The van der Waals surface area contributed by atoms with Gasteiger partial charge in [-0.2, -0.15) is 5.10 Å². The third-order valence-electron chi connectivity index (χ3n) is 2.53. The fourth-order valence-corrected chi connectivity index (χ4v) is 2.30.